The maximum Gasteiger partial charge on any atom is 0.251 e. The molecular weight excluding hydrogens is 310 g/mol. The Bertz CT molecular complexity index is 598. The maximum absolute atomic E-state index is 12.1. The molecule has 0 aromatic heterocycles. The topological polar surface area (TPSA) is 92.5 Å². The highest BCUT2D eigenvalue weighted by Crippen LogP contribution is 2.13. The standard InChI is InChI=1S/C13H19N3O3S2/c14-12-3-1-2-11(10-12)13(17)15-4-9-21(18,19)16-5-7-20-8-6-16/h1-3,10H,4-9,14H2,(H,15,17). The van der Waals surface area contributed by atoms with Crippen LogP contribution in [0.1, 0.15) is 10.4 Å². The number of hydrogen-bond donors (Lipinski definition) is 2. The van der Waals surface area contributed by atoms with Gasteiger partial charge in [-0.1, -0.05) is 6.07 Å². The van der Waals surface area contributed by atoms with Gasteiger partial charge in [-0.3, -0.25) is 4.79 Å². The minimum Gasteiger partial charge on any atom is -0.399 e. The first-order chi connectivity index (χ1) is 9.99. The second-order valence-electron chi connectivity index (χ2n) is 4.71. The van der Waals surface area contributed by atoms with Gasteiger partial charge in [0.2, 0.25) is 10.0 Å². The number of thioether (sulfide) groups is 1. The number of rotatable bonds is 5. The number of amides is 1. The summed E-state index contributed by atoms with van der Waals surface area (Å²) in [4.78, 5) is 11.9. The van der Waals surface area contributed by atoms with E-state index in [9.17, 15) is 13.2 Å². The Morgan fingerprint density at radius 3 is 2.71 bits per heavy atom. The fourth-order valence-corrected chi connectivity index (χ4v) is 4.52. The van der Waals surface area contributed by atoms with Gasteiger partial charge >= 0.3 is 0 Å². The molecule has 1 saturated heterocycles. The smallest absolute Gasteiger partial charge is 0.251 e. The molecule has 0 saturated carbocycles. The van der Waals surface area contributed by atoms with Crippen LogP contribution >= 0.6 is 11.8 Å². The first-order valence-corrected chi connectivity index (χ1v) is 9.45. The number of sulfonamides is 1. The Labute approximate surface area is 129 Å². The van der Waals surface area contributed by atoms with Crippen molar-refractivity contribution in [2.45, 2.75) is 0 Å². The van der Waals surface area contributed by atoms with Crippen LogP contribution in [0.2, 0.25) is 0 Å². The van der Waals surface area contributed by atoms with E-state index in [1.54, 1.807) is 36.0 Å². The van der Waals surface area contributed by atoms with Gasteiger partial charge in [-0.05, 0) is 18.2 Å². The Kier molecular flexibility index (Phi) is 5.49. The molecule has 8 heteroatoms. The van der Waals surface area contributed by atoms with Gasteiger partial charge in [0, 0.05) is 42.4 Å². The molecule has 0 spiro atoms. The SMILES string of the molecule is Nc1cccc(C(=O)NCCS(=O)(=O)N2CCSCC2)c1. The quantitative estimate of drug-likeness (QED) is 0.762. The van der Waals surface area contributed by atoms with Crippen LogP contribution < -0.4 is 11.1 Å². The van der Waals surface area contributed by atoms with E-state index >= 15 is 0 Å². The molecule has 0 radical (unpaired) electrons. The molecule has 0 unspecified atom stereocenters. The molecular formula is C13H19N3O3S2. The van der Waals surface area contributed by atoms with E-state index in [0.29, 0.717) is 24.3 Å². The normalized spacial score (nSPS) is 16.6. The van der Waals surface area contributed by atoms with Crippen molar-refractivity contribution in [3.05, 3.63) is 29.8 Å². The lowest BCUT2D eigenvalue weighted by atomic mass is 10.2. The molecule has 0 bridgehead atoms. The molecule has 3 N–H and O–H groups in total. The van der Waals surface area contributed by atoms with Gasteiger partial charge in [0.25, 0.3) is 5.91 Å². The van der Waals surface area contributed by atoms with Crippen molar-refractivity contribution < 1.29 is 13.2 Å². The van der Waals surface area contributed by atoms with Crippen molar-refractivity contribution in [3.8, 4) is 0 Å². The van der Waals surface area contributed by atoms with Gasteiger partial charge in [-0.15, -0.1) is 0 Å². The lowest BCUT2D eigenvalue weighted by Gasteiger charge is -2.25. The maximum atomic E-state index is 12.1. The lowest BCUT2D eigenvalue weighted by molar-refractivity contribution is 0.0956. The second kappa shape index (κ2) is 7.15. The molecule has 1 fully saturated rings. The van der Waals surface area contributed by atoms with Crippen LogP contribution in [0.4, 0.5) is 5.69 Å². The van der Waals surface area contributed by atoms with E-state index in [4.69, 9.17) is 5.73 Å². The molecule has 0 atom stereocenters. The molecule has 1 heterocycles. The van der Waals surface area contributed by atoms with Gasteiger partial charge in [0.05, 0.1) is 5.75 Å². The summed E-state index contributed by atoms with van der Waals surface area (Å²) in [7, 11) is -3.29. The average Bonchev–Trinajstić information content (AvgIpc) is 2.48. The van der Waals surface area contributed by atoms with E-state index < -0.39 is 10.0 Å². The average molecular weight is 329 g/mol. The number of hydrogen-bond acceptors (Lipinski definition) is 5. The summed E-state index contributed by atoms with van der Waals surface area (Å²) < 4.78 is 25.7. The van der Waals surface area contributed by atoms with Gasteiger partial charge in [0.15, 0.2) is 0 Å². The molecule has 0 aliphatic carbocycles. The zero-order valence-electron chi connectivity index (χ0n) is 11.6. The third kappa shape index (κ3) is 4.62. The summed E-state index contributed by atoms with van der Waals surface area (Å²) >= 11 is 1.75. The molecule has 1 aromatic carbocycles. The first-order valence-electron chi connectivity index (χ1n) is 6.68. The molecule has 2 rings (SSSR count). The number of nitrogens with zero attached hydrogens (tertiary/aromatic N) is 1. The summed E-state index contributed by atoms with van der Waals surface area (Å²) in [5.74, 6) is 1.27. The number of benzene rings is 1. The fraction of sp³-hybridized carbons (Fsp3) is 0.462. The molecule has 116 valence electrons. The number of anilines is 1. The summed E-state index contributed by atoms with van der Waals surface area (Å²) in [6, 6.07) is 6.58. The van der Waals surface area contributed by atoms with E-state index in [1.807, 2.05) is 0 Å². The highest BCUT2D eigenvalue weighted by atomic mass is 32.2. The third-order valence-corrected chi connectivity index (χ3v) is 5.97. The second-order valence-corrected chi connectivity index (χ2v) is 8.02. The predicted octanol–water partition coefficient (Wildman–Crippen LogP) is 0.377. The van der Waals surface area contributed by atoms with Crippen LogP contribution in [-0.2, 0) is 10.0 Å². The number of carbonyl (C=O) groups is 1. The van der Waals surface area contributed by atoms with Gasteiger partial charge < -0.3 is 11.1 Å². The zero-order valence-corrected chi connectivity index (χ0v) is 13.3. The van der Waals surface area contributed by atoms with Crippen LogP contribution in [0.15, 0.2) is 24.3 Å². The van der Waals surface area contributed by atoms with Crippen molar-refractivity contribution in [2.24, 2.45) is 0 Å². The summed E-state index contributed by atoms with van der Waals surface area (Å²) in [5.41, 5.74) is 6.54. The van der Waals surface area contributed by atoms with Crippen LogP contribution in [-0.4, -0.2) is 55.5 Å². The highest BCUT2D eigenvalue weighted by Gasteiger charge is 2.23. The molecule has 1 aromatic rings. The van der Waals surface area contributed by atoms with E-state index in [2.05, 4.69) is 5.32 Å². The fourth-order valence-electron chi connectivity index (χ4n) is 2.03. The third-order valence-electron chi connectivity index (χ3n) is 3.16. The van der Waals surface area contributed by atoms with Crippen molar-refractivity contribution in [1.82, 2.24) is 9.62 Å². The van der Waals surface area contributed by atoms with Gasteiger partial charge in [-0.2, -0.15) is 11.8 Å². The number of nitrogens with one attached hydrogen (secondary N) is 1. The van der Waals surface area contributed by atoms with Gasteiger partial charge in [0.1, 0.15) is 0 Å². The summed E-state index contributed by atoms with van der Waals surface area (Å²) in [6.45, 7) is 1.20. The van der Waals surface area contributed by atoms with Crippen LogP contribution in [0.5, 0.6) is 0 Å². The van der Waals surface area contributed by atoms with Crippen LogP contribution in [0.25, 0.3) is 0 Å². The Hall–Kier alpha value is -1.25. The summed E-state index contributed by atoms with van der Waals surface area (Å²) in [6.07, 6.45) is 0. The minimum atomic E-state index is -3.29. The van der Waals surface area contributed by atoms with Crippen molar-refractivity contribution >= 4 is 33.4 Å². The van der Waals surface area contributed by atoms with Crippen LogP contribution in [0, 0.1) is 0 Å². The zero-order chi connectivity index (χ0) is 15.3. The number of carbonyl (C=O) groups excluding carboxylic acids is 1. The van der Waals surface area contributed by atoms with E-state index in [-0.39, 0.29) is 18.2 Å². The van der Waals surface area contributed by atoms with Crippen LogP contribution in [0.3, 0.4) is 0 Å². The van der Waals surface area contributed by atoms with Crippen molar-refractivity contribution in [3.63, 3.8) is 0 Å². The lowest BCUT2D eigenvalue weighted by Crippen LogP contribution is -2.41. The molecule has 1 aliphatic heterocycles. The number of nitrogens with two attached hydrogens (primary N) is 1. The van der Waals surface area contributed by atoms with Crippen molar-refractivity contribution in [1.29, 1.82) is 0 Å². The number of nitrogen functional groups attached to an aromatic ring is 1. The minimum absolute atomic E-state index is 0.0777. The van der Waals surface area contributed by atoms with Gasteiger partial charge in [-0.25, -0.2) is 12.7 Å². The monoisotopic (exact) mass is 329 g/mol. The Morgan fingerprint density at radius 1 is 1.33 bits per heavy atom. The van der Waals surface area contributed by atoms with Crippen molar-refractivity contribution in [2.75, 3.05) is 42.6 Å². The molecule has 1 aliphatic rings. The van der Waals surface area contributed by atoms with E-state index in [1.165, 1.54) is 4.31 Å². The Morgan fingerprint density at radius 2 is 2.05 bits per heavy atom. The highest BCUT2D eigenvalue weighted by molar-refractivity contribution is 7.99. The Balaban J connectivity index is 1.84. The molecule has 6 nitrogen and oxygen atoms in total. The predicted molar refractivity (Wildman–Crippen MR) is 85.9 cm³/mol. The largest absolute Gasteiger partial charge is 0.399 e. The summed E-state index contributed by atoms with van der Waals surface area (Å²) in [5, 5.41) is 2.62. The van der Waals surface area contributed by atoms with E-state index in [0.717, 1.165) is 11.5 Å². The molecule has 21 heavy (non-hydrogen) atoms. The molecule has 1 amide bonds. The first kappa shape index (κ1) is 16.1.